The Balaban J connectivity index is 2.93. The Bertz CT molecular complexity index is 85.2. The highest BCUT2D eigenvalue weighted by molar-refractivity contribution is 4.81. The molecule has 0 rings (SSSR count). The minimum atomic E-state index is 0.337. The summed E-state index contributed by atoms with van der Waals surface area (Å²) in [4.78, 5) is 0. The average molecular weight is 170 g/mol. The molecule has 1 nitrogen and oxygen atoms in total. The number of aliphatic hydroxyl groups excluding tert-OH is 1. The third kappa shape index (κ3) is 9.70. The fourth-order valence-corrected chi connectivity index (χ4v) is 1.12. The minimum Gasteiger partial charge on any atom is -0.396 e. The van der Waals surface area contributed by atoms with Gasteiger partial charge in [0.2, 0.25) is 0 Å². The number of hydrogen-bond acceptors (Lipinski definition) is 1. The molecule has 0 saturated heterocycles. The molecule has 0 aliphatic carbocycles. The monoisotopic (exact) mass is 170 g/mol. The van der Waals surface area contributed by atoms with Crippen LogP contribution in [-0.4, -0.2) is 11.7 Å². The summed E-state index contributed by atoms with van der Waals surface area (Å²) in [6.07, 6.45) is 12.9. The van der Waals surface area contributed by atoms with Crippen molar-refractivity contribution in [1.82, 2.24) is 0 Å². The summed E-state index contributed by atoms with van der Waals surface area (Å²) >= 11 is 0. The van der Waals surface area contributed by atoms with Crippen molar-refractivity contribution in [2.75, 3.05) is 6.61 Å². The molecule has 1 heteroatoms. The standard InChI is InChI=1S/C11H22O/c1-2-3-4-5-6-7-8-9-10-11-12/h6-7,12H,2-5,8-11H2,1H3/b7-6+. The Morgan fingerprint density at radius 2 is 1.50 bits per heavy atom. The summed E-state index contributed by atoms with van der Waals surface area (Å²) in [5, 5.41) is 8.51. The molecule has 0 amide bonds. The van der Waals surface area contributed by atoms with Crippen LogP contribution in [0.5, 0.6) is 0 Å². The average Bonchev–Trinajstić information content (AvgIpc) is 2.10. The highest BCUT2D eigenvalue weighted by atomic mass is 16.2. The maximum Gasteiger partial charge on any atom is 0.0431 e. The first-order valence-electron chi connectivity index (χ1n) is 5.17. The van der Waals surface area contributed by atoms with Crippen molar-refractivity contribution < 1.29 is 5.11 Å². The zero-order valence-corrected chi connectivity index (χ0v) is 8.26. The lowest BCUT2D eigenvalue weighted by molar-refractivity contribution is 0.285. The zero-order valence-electron chi connectivity index (χ0n) is 8.26. The largest absolute Gasteiger partial charge is 0.396 e. The number of unbranched alkanes of at least 4 members (excludes halogenated alkanes) is 5. The van der Waals surface area contributed by atoms with E-state index in [9.17, 15) is 0 Å². The van der Waals surface area contributed by atoms with E-state index in [1.807, 2.05) is 0 Å². The van der Waals surface area contributed by atoms with E-state index in [1.165, 1.54) is 25.7 Å². The molecule has 0 aromatic rings. The van der Waals surface area contributed by atoms with Gasteiger partial charge in [0.15, 0.2) is 0 Å². The molecule has 0 heterocycles. The van der Waals surface area contributed by atoms with Crippen LogP contribution in [0.2, 0.25) is 0 Å². The van der Waals surface area contributed by atoms with Gasteiger partial charge in [-0.1, -0.05) is 31.9 Å². The van der Waals surface area contributed by atoms with Crippen molar-refractivity contribution in [2.45, 2.75) is 51.9 Å². The van der Waals surface area contributed by atoms with Crippen LogP contribution in [0.25, 0.3) is 0 Å². The molecule has 0 fully saturated rings. The molecule has 0 radical (unpaired) electrons. The second-order valence-corrected chi connectivity index (χ2v) is 3.19. The lowest BCUT2D eigenvalue weighted by atomic mass is 10.2. The Kier molecular flexibility index (Phi) is 10.4. The first-order valence-corrected chi connectivity index (χ1v) is 5.17. The second-order valence-electron chi connectivity index (χ2n) is 3.19. The lowest BCUT2D eigenvalue weighted by Gasteiger charge is -1.93. The first kappa shape index (κ1) is 11.7. The molecule has 72 valence electrons. The highest BCUT2D eigenvalue weighted by Gasteiger charge is 1.83. The van der Waals surface area contributed by atoms with Crippen LogP contribution >= 0.6 is 0 Å². The molecular formula is C11H22O. The molecule has 1 N–H and O–H groups in total. The number of rotatable bonds is 8. The Labute approximate surface area is 76.5 Å². The molecule has 12 heavy (non-hydrogen) atoms. The highest BCUT2D eigenvalue weighted by Crippen LogP contribution is 2.01. The van der Waals surface area contributed by atoms with Crippen molar-refractivity contribution in [1.29, 1.82) is 0 Å². The first-order chi connectivity index (χ1) is 5.91. The van der Waals surface area contributed by atoms with Crippen LogP contribution in [0.15, 0.2) is 12.2 Å². The second kappa shape index (κ2) is 10.7. The van der Waals surface area contributed by atoms with E-state index in [0.29, 0.717) is 6.61 Å². The van der Waals surface area contributed by atoms with Crippen LogP contribution < -0.4 is 0 Å². The van der Waals surface area contributed by atoms with E-state index in [0.717, 1.165) is 19.3 Å². The van der Waals surface area contributed by atoms with Gasteiger partial charge < -0.3 is 5.11 Å². The Hall–Kier alpha value is -0.300. The molecule has 0 bridgehead atoms. The summed E-state index contributed by atoms with van der Waals surface area (Å²) in [5.74, 6) is 0. The topological polar surface area (TPSA) is 20.2 Å². The van der Waals surface area contributed by atoms with E-state index >= 15 is 0 Å². The van der Waals surface area contributed by atoms with Crippen LogP contribution in [-0.2, 0) is 0 Å². The van der Waals surface area contributed by atoms with Gasteiger partial charge in [0, 0.05) is 6.61 Å². The minimum absolute atomic E-state index is 0.337. The third-order valence-electron chi connectivity index (χ3n) is 1.92. The number of aliphatic hydroxyl groups is 1. The number of hydrogen-bond donors (Lipinski definition) is 1. The van der Waals surface area contributed by atoms with Gasteiger partial charge in [-0.05, 0) is 32.1 Å². The van der Waals surface area contributed by atoms with Gasteiger partial charge >= 0.3 is 0 Å². The maximum atomic E-state index is 8.51. The summed E-state index contributed by atoms with van der Waals surface area (Å²) in [6, 6.07) is 0. The molecule has 0 spiro atoms. The summed E-state index contributed by atoms with van der Waals surface area (Å²) in [6.45, 7) is 2.56. The van der Waals surface area contributed by atoms with E-state index < -0.39 is 0 Å². The van der Waals surface area contributed by atoms with Crippen LogP contribution in [0.4, 0.5) is 0 Å². The molecule has 0 atom stereocenters. The van der Waals surface area contributed by atoms with Gasteiger partial charge in [-0.3, -0.25) is 0 Å². The van der Waals surface area contributed by atoms with Crippen molar-refractivity contribution in [3.63, 3.8) is 0 Å². The summed E-state index contributed by atoms with van der Waals surface area (Å²) in [7, 11) is 0. The predicted octanol–water partition coefficient (Wildman–Crippen LogP) is 3.29. The van der Waals surface area contributed by atoms with Crippen LogP contribution in [0, 0.1) is 0 Å². The molecule has 0 saturated carbocycles. The van der Waals surface area contributed by atoms with Crippen molar-refractivity contribution in [3.8, 4) is 0 Å². The van der Waals surface area contributed by atoms with Gasteiger partial charge in [-0.15, -0.1) is 0 Å². The van der Waals surface area contributed by atoms with Crippen LogP contribution in [0.3, 0.4) is 0 Å². The van der Waals surface area contributed by atoms with Crippen molar-refractivity contribution >= 4 is 0 Å². The van der Waals surface area contributed by atoms with E-state index in [1.54, 1.807) is 0 Å². The molecule has 0 aliphatic rings. The zero-order chi connectivity index (χ0) is 9.07. The van der Waals surface area contributed by atoms with Gasteiger partial charge in [0.1, 0.15) is 0 Å². The number of allylic oxidation sites excluding steroid dienone is 2. The fourth-order valence-electron chi connectivity index (χ4n) is 1.12. The Morgan fingerprint density at radius 3 is 2.00 bits per heavy atom. The third-order valence-corrected chi connectivity index (χ3v) is 1.92. The van der Waals surface area contributed by atoms with E-state index in [-0.39, 0.29) is 0 Å². The molecule has 0 aromatic carbocycles. The molecule has 0 unspecified atom stereocenters. The molecule has 0 aliphatic heterocycles. The maximum absolute atomic E-state index is 8.51. The fraction of sp³-hybridized carbons (Fsp3) is 0.818. The lowest BCUT2D eigenvalue weighted by Crippen LogP contribution is -1.80. The van der Waals surface area contributed by atoms with Gasteiger partial charge in [0.25, 0.3) is 0 Å². The predicted molar refractivity (Wildman–Crippen MR) is 54.2 cm³/mol. The van der Waals surface area contributed by atoms with E-state index in [2.05, 4.69) is 19.1 Å². The SMILES string of the molecule is CCCCC/C=C/CCCCO. The smallest absolute Gasteiger partial charge is 0.0431 e. The quantitative estimate of drug-likeness (QED) is 0.438. The van der Waals surface area contributed by atoms with Crippen molar-refractivity contribution in [2.24, 2.45) is 0 Å². The van der Waals surface area contributed by atoms with Crippen LogP contribution in [0.1, 0.15) is 51.9 Å². The Morgan fingerprint density at radius 1 is 0.917 bits per heavy atom. The van der Waals surface area contributed by atoms with Crippen molar-refractivity contribution in [3.05, 3.63) is 12.2 Å². The van der Waals surface area contributed by atoms with E-state index in [4.69, 9.17) is 5.11 Å². The molecular weight excluding hydrogens is 148 g/mol. The molecule has 0 aromatic heterocycles. The summed E-state index contributed by atoms with van der Waals surface area (Å²) in [5.41, 5.74) is 0. The van der Waals surface area contributed by atoms with Gasteiger partial charge in [-0.2, -0.15) is 0 Å². The normalized spacial score (nSPS) is 11.2. The van der Waals surface area contributed by atoms with Gasteiger partial charge in [0.05, 0.1) is 0 Å². The summed E-state index contributed by atoms with van der Waals surface area (Å²) < 4.78 is 0. The van der Waals surface area contributed by atoms with Gasteiger partial charge in [-0.25, -0.2) is 0 Å².